The first-order valence-electron chi connectivity index (χ1n) is 12.6. The lowest BCUT2D eigenvalue weighted by atomic mass is 9.48. The van der Waals surface area contributed by atoms with E-state index in [2.05, 4.69) is 72.8 Å². The lowest BCUT2D eigenvalue weighted by Gasteiger charge is -2.57. The maximum atomic E-state index is 6.13. The number of rotatable bonds is 3. The summed E-state index contributed by atoms with van der Waals surface area (Å²) in [5.74, 6) is 2.96. The third-order valence-corrected chi connectivity index (χ3v) is 9.18. The number of halogens is 1. The van der Waals surface area contributed by atoms with Gasteiger partial charge in [-0.2, -0.15) is 0 Å². The Morgan fingerprint density at radius 2 is 1.00 bits per heavy atom. The molecule has 0 heterocycles. The van der Waals surface area contributed by atoms with E-state index in [1.54, 1.807) is 5.56 Å². The van der Waals surface area contributed by atoms with Crippen LogP contribution in [0, 0.1) is 17.8 Å². The second-order valence-corrected chi connectivity index (χ2v) is 11.4. The van der Waals surface area contributed by atoms with Gasteiger partial charge in [-0.25, -0.2) is 0 Å². The van der Waals surface area contributed by atoms with Gasteiger partial charge in [-0.05, 0) is 112 Å². The van der Waals surface area contributed by atoms with E-state index in [9.17, 15) is 0 Å². The van der Waals surface area contributed by atoms with Gasteiger partial charge in [0.15, 0.2) is 0 Å². The van der Waals surface area contributed by atoms with Crippen molar-refractivity contribution in [3.63, 3.8) is 0 Å². The van der Waals surface area contributed by atoms with Crippen molar-refractivity contribution in [2.75, 3.05) is 0 Å². The van der Waals surface area contributed by atoms with Gasteiger partial charge in [0.2, 0.25) is 0 Å². The van der Waals surface area contributed by atoms with E-state index in [0.717, 1.165) is 22.8 Å². The fourth-order valence-corrected chi connectivity index (χ4v) is 8.03. The molecule has 0 nitrogen and oxygen atoms in total. The molecule has 4 aromatic rings. The zero-order valence-corrected chi connectivity index (χ0v) is 19.7. The van der Waals surface area contributed by atoms with E-state index in [-0.39, 0.29) is 0 Å². The van der Waals surface area contributed by atoms with Crippen molar-refractivity contribution in [3.8, 4) is 22.3 Å². The standard InChI is InChI=1S/C32H29Cl/c33-27-11-7-25(8-12-27)29-14-13-28(30-3-1-2-4-31(29)30)24-5-9-26(10-6-24)32-18-21-15-22(19-32)17-23(16-21)20-32/h1-14,21-23H,15-20H2. The fraction of sp³-hybridized carbons (Fsp3) is 0.312. The van der Waals surface area contributed by atoms with Crippen molar-refractivity contribution in [1.82, 2.24) is 0 Å². The van der Waals surface area contributed by atoms with Crippen LogP contribution < -0.4 is 0 Å². The van der Waals surface area contributed by atoms with Crippen LogP contribution in [0.15, 0.2) is 84.9 Å². The molecule has 8 rings (SSSR count). The lowest BCUT2D eigenvalue weighted by molar-refractivity contribution is -0.00518. The monoisotopic (exact) mass is 448 g/mol. The zero-order valence-electron chi connectivity index (χ0n) is 18.9. The molecular formula is C32H29Cl. The van der Waals surface area contributed by atoms with Gasteiger partial charge in [0.1, 0.15) is 0 Å². The third kappa shape index (κ3) is 3.26. The molecule has 0 aromatic heterocycles. The molecule has 4 aromatic carbocycles. The molecule has 4 bridgehead atoms. The smallest absolute Gasteiger partial charge is 0.0406 e. The second-order valence-electron chi connectivity index (χ2n) is 11.0. The Labute approximate surface area is 201 Å². The Morgan fingerprint density at radius 3 is 1.48 bits per heavy atom. The van der Waals surface area contributed by atoms with Crippen LogP contribution in [0.25, 0.3) is 33.0 Å². The quantitative estimate of drug-likeness (QED) is 0.293. The summed E-state index contributed by atoms with van der Waals surface area (Å²) in [5, 5.41) is 3.38. The van der Waals surface area contributed by atoms with Crippen molar-refractivity contribution in [2.45, 2.75) is 43.9 Å². The molecule has 4 saturated carbocycles. The van der Waals surface area contributed by atoms with Gasteiger partial charge < -0.3 is 0 Å². The summed E-state index contributed by atoms with van der Waals surface area (Å²) in [6.45, 7) is 0. The minimum atomic E-state index is 0.466. The van der Waals surface area contributed by atoms with Crippen LogP contribution >= 0.6 is 11.6 Å². The minimum Gasteiger partial charge on any atom is -0.0843 e. The first-order chi connectivity index (χ1) is 16.2. The molecule has 33 heavy (non-hydrogen) atoms. The van der Waals surface area contributed by atoms with Crippen molar-refractivity contribution < 1.29 is 0 Å². The molecule has 0 unspecified atom stereocenters. The Kier molecular flexibility index (Phi) is 4.50. The number of hydrogen-bond acceptors (Lipinski definition) is 0. The molecule has 0 spiro atoms. The van der Waals surface area contributed by atoms with E-state index in [1.165, 1.54) is 71.6 Å². The SMILES string of the molecule is Clc1ccc(-c2ccc(-c3ccc(C45CC6CC(CC(C6)C4)C5)cc3)c3ccccc23)cc1. The summed E-state index contributed by atoms with van der Waals surface area (Å²) in [7, 11) is 0. The third-order valence-electron chi connectivity index (χ3n) is 8.93. The lowest BCUT2D eigenvalue weighted by Crippen LogP contribution is -2.48. The molecule has 0 saturated heterocycles. The highest BCUT2D eigenvalue weighted by Crippen LogP contribution is 2.60. The Hall–Kier alpha value is -2.57. The van der Waals surface area contributed by atoms with Gasteiger partial charge >= 0.3 is 0 Å². The first kappa shape index (κ1) is 19.9. The normalized spacial score (nSPS) is 27.8. The van der Waals surface area contributed by atoms with Gasteiger partial charge in [0.05, 0.1) is 0 Å². The predicted molar refractivity (Wildman–Crippen MR) is 140 cm³/mol. The van der Waals surface area contributed by atoms with E-state index < -0.39 is 0 Å². The molecule has 0 aliphatic heterocycles. The van der Waals surface area contributed by atoms with Crippen LogP contribution in [0.5, 0.6) is 0 Å². The van der Waals surface area contributed by atoms with Crippen molar-refractivity contribution in [1.29, 1.82) is 0 Å². The van der Waals surface area contributed by atoms with Crippen LogP contribution in [-0.2, 0) is 5.41 Å². The molecule has 0 N–H and O–H groups in total. The van der Waals surface area contributed by atoms with Crippen LogP contribution in [0.2, 0.25) is 5.02 Å². The van der Waals surface area contributed by atoms with Gasteiger partial charge in [0.25, 0.3) is 0 Å². The summed E-state index contributed by atoms with van der Waals surface area (Å²) < 4.78 is 0. The first-order valence-corrected chi connectivity index (χ1v) is 12.9. The molecule has 0 radical (unpaired) electrons. The molecule has 164 valence electrons. The summed E-state index contributed by atoms with van der Waals surface area (Å²) in [6, 6.07) is 31.2. The van der Waals surface area contributed by atoms with Crippen LogP contribution in [0.3, 0.4) is 0 Å². The van der Waals surface area contributed by atoms with Crippen molar-refractivity contribution in [3.05, 3.63) is 95.5 Å². The fourth-order valence-electron chi connectivity index (χ4n) is 7.90. The number of hydrogen-bond donors (Lipinski definition) is 0. The maximum absolute atomic E-state index is 6.13. The van der Waals surface area contributed by atoms with Crippen LogP contribution in [-0.4, -0.2) is 0 Å². The summed E-state index contributed by atoms with van der Waals surface area (Å²) in [4.78, 5) is 0. The van der Waals surface area contributed by atoms with E-state index in [1.807, 2.05) is 12.1 Å². The Bertz CT molecular complexity index is 1290. The van der Waals surface area contributed by atoms with Crippen molar-refractivity contribution in [2.24, 2.45) is 17.8 Å². The van der Waals surface area contributed by atoms with Gasteiger partial charge in [-0.3, -0.25) is 0 Å². The Balaban J connectivity index is 1.28. The average Bonchev–Trinajstić information content (AvgIpc) is 2.83. The van der Waals surface area contributed by atoms with Crippen molar-refractivity contribution >= 4 is 22.4 Å². The number of benzene rings is 4. The highest BCUT2D eigenvalue weighted by atomic mass is 35.5. The molecular weight excluding hydrogens is 420 g/mol. The van der Waals surface area contributed by atoms with E-state index in [0.29, 0.717) is 5.41 Å². The molecule has 4 aliphatic rings. The molecule has 0 amide bonds. The summed E-state index contributed by atoms with van der Waals surface area (Å²) in [6.07, 6.45) is 8.79. The van der Waals surface area contributed by atoms with Crippen LogP contribution in [0.4, 0.5) is 0 Å². The zero-order chi connectivity index (χ0) is 22.0. The molecule has 4 fully saturated rings. The molecule has 1 heteroatoms. The van der Waals surface area contributed by atoms with Crippen LogP contribution in [0.1, 0.15) is 44.1 Å². The Morgan fingerprint density at radius 1 is 0.545 bits per heavy atom. The summed E-state index contributed by atoms with van der Waals surface area (Å²) >= 11 is 6.13. The topological polar surface area (TPSA) is 0 Å². The minimum absolute atomic E-state index is 0.466. The number of fused-ring (bicyclic) bond motifs is 1. The van der Waals surface area contributed by atoms with Gasteiger partial charge in [-0.1, -0.05) is 84.4 Å². The largest absolute Gasteiger partial charge is 0.0843 e. The van der Waals surface area contributed by atoms with Gasteiger partial charge in [-0.15, -0.1) is 0 Å². The predicted octanol–water partition coefficient (Wildman–Crippen LogP) is 9.29. The second kappa shape index (κ2) is 7.47. The average molecular weight is 449 g/mol. The highest BCUT2D eigenvalue weighted by Gasteiger charge is 2.51. The maximum Gasteiger partial charge on any atom is 0.0406 e. The van der Waals surface area contributed by atoms with E-state index in [4.69, 9.17) is 11.6 Å². The van der Waals surface area contributed by atoms with E-state index >= 15 is 0 Å². The highest BCUT2D eigenvalue weighted by molar-refractivity contribution is 6.30. The van der Waals surface area contributed by atoms with Gasteiger partial charge in [0, 0.05) is 5.02 Å². The molecule has 4 aliphatic carbocycles. The molecule has 0 atom stereocenters. The summed E-state index contributed by atoms with van der Waals surface area (Å²) in [5.41, 5.74) is 7.18.